The average molecular weight is 421 g/mol. The highest BCUT2D eigenvalue weighted by Crippen LogP contribution is 2.32. The molecule has 7 nitrogen and oxygen atoms in total. The summed E-state index contributed by atoms with van der Waals surface area (Å²) in [4.78, 5) is 38.5. The molecule has 0 bridgehead atoms. The topological polar surface area (TPSA) is 87.7 Å². The summed E-state index contributed by atoms with van der Waals surface area (Å²) in [5, 5.41) is 4.93. The second kappa shape index (κ2) is 8.44. The van der Waals surface area contributed by atoms with Gasteiger partial charge in [-0.15, -0.1) is 0 Å². The van der Waals surface area contributed by atoms with Crippen molar-refractivity contribution >= 4 is 23.5 Å². The smallest absolute Gasteiger partial charge is 0.387 e. The van der Waals surface area contributed by atoms with Gasteiger partial charge in [-0.25, -0.2) is 9.18 Å². The minimum atomic E-state index is -3.09. The molecule has 1 saturated heterocycles. The zero-order valence-corrected chi connectivity index (χ0v) is 15.8. The maximum absolute atomic E-state index is 13.3. The number of imide groups is 1. The molecule has 4 amide bonds. The molecular formula is C20H18F3N3O4. The van der Waals surface area contributed by atoms with Crippen molar-refractivity contribution in [2.75, 3.05) is 11.9 Å². The Balaban J connectivity index is 1.77. The normalized spacial score (nSPS) is 18.5. The Hall–Kier alpha value is -3.56. The Labute approximate surface area is 169 Å². The minimum Gasteiger partial charge on any atom is -0.433 e. The van der Waals surface area contributed by atoms with Crippen molar-refractivity contribution in [2.45, 2.75) is 25.5 Å². The van der Waals surface area contributed by atoms with Gasteiger partial charge in [-0.3, -0.25) is 14.5 Å². The highest BCUT2D eigenvalue weighted by molar-refractivity contribution is 6.10. The first-order valence-corrected chi connectivity index (χ1v) is 9.00. The van der Waals surface area contributed by atoms with Crippen LogP contribution in [0.1, 0.15) is 18.9 Å². The van der Waals surface area contributed by atoms with E-state index in [1.54, 1.807) is 6.92 Å². The number of nitrogens with one attached hydrogen (secondary N) is 2. The summed E-state index contributed by atoms with van der Waals surface area (Å²) < 4.78 is 42.6. The lowest BCUT2D eigenvalue weighted by atomic mass is 9.87. The minimum absolute atomic E-state index is 0.0323. The molecule has 10 heteroatoms. The fraction of sp³-hybridized carbons (Fsp3) is 0.250. The maximum atomic E-state index is 13.3. The number of anilines is 1. The number of alkyl halides is 2. The third-order valence-corrected chi connectivity index (χ3v) is 4.72. The van der Waals surface area contributed by atoms with Gasteiger partial charge in [0.2, 0.25) is 5.91 Å². The Morgan fingerprint density at radius 2 is 1.83 bits per heavy atom. The number of ether oxygens (including phenoxy) is 1. The predicted octanol–water partition coefficient (Wildman–Crippen LogP) is 3.22. The van der Waals surface area contributed by atoms with E-state index in [-0.39, 0.29) is 17.9 Å². The van der Waals surface area contributed by atoms with Crippen LogP contribution in [0.25, 0.3) is 0 Å². The second-order valence-corrected chi connectivity index (χ2v) is 6.51. The molecule has 1 fully saturated rings. The maximum Gasteiger partial charge on any atom is 0.387 e. The van der Waals surface area contributed by atoms with E-state index in [9.17, 15) is 27.6 Å². The largest absolute Gasteiger partial charge is 0.433 e. The van der Waals surface area contributed by atoms with Crippen molar-refractivity contribution in [3.05, 3.63) is 59.9 Å². The predicted molar refractivity (Wildman–Crippen MR) is 100 cm³/mol. The fourth-order valence-corrected chi connectivity index (χ4v) is 3.25. The Morgan fingerprint density at radius 1 is 1.17 bits per heavy atom. The number of halogens is 3. The lowest BCUT2D eigenvalue weighted by molar-refractivity contribution is -0.134. The molecule has 0 radical (unpaired) electrons. The monoisotopic (exact) mass is 421 g/mol. The van der Waals surface area contributed by atoms with E-state index in [2.05, 4.69) is 15.4 Å². The number of benzene rings is 2. The molecule has 0 spiro atoms. The Morgan fingerprint density at radius 3 is 2.47 bits per heavy atom. The first kappa shape index (κ1) is 21.2. The zero-order chi connectivity index (χ0) is 21.9. The van der Waals surface area contributed by atoms with Crippen LogP contribution in [-0.4, -0.2) is 35.9 Å². The summed E-state index contributed by atoms with van der Waals surface area (Å²) in [6.07, 6.45) is 0.173. The Kier molecular flexibility index (Phi) is 5.95. The van der Waals surface area contributed by atoms with Crippen LogP contribution in [0.2, 0.25) is 0 Å². The zero-order valence-electron chi connectivity index (χ0n) is 15.8. The van der Waals surface area contributed by atoms with Crippen LogP contribution >= 0.6 is 0 Å². The van der Waals surface area contributed by atoms with Gasteiger partial charge >= 0.3 is 12.6 Å². The van der Waals surface area contributed by atoms with Gasteiger partial charge in [0, 0.05) is 0 Å². The van der Waals surface area contributed by atoms with Crippen LogP contribution in [-0.2, 0) is 15.1 Å². The summed E-state index contributed by atoms with van der Waals surface area (Å²) in [6, 6.07) is 9.85. The second-order valence-electron chi connectivity index (χ2n) is 6.51. The molecule has 2 N–H and O–H groups in total. The van der Waals surface area contributed by atoms with Crippen LogP contribution in [0, 0.1) is 5.82 Å². The molecule has 2 aromatic rings. The van der Waals surface area contributed by atoms with Crippen LogP contribution in [0.3, 0.4) is 0 Å². The number of amides is 4. The van der Waals surface area contributed by atoms with Crippen molar-refractivity contribution in [1.29, 1.82) is 0 Å². The number of carbonyl (C=O) groups is 3. The molecule has 1 unspecified atom stereocenters. The van der Waals surface area contributed by atoms with Gasteiger partial charge in [0.1, 0.15) is 23.7 Å². The van der Waals surface area contributed by atoms with Crippen molar-refractivity contribution in [3.63, 3.8) is 0 Å². The summed E-state index contributed by atoms with van der Waals surface area (Å²) in [7, 11) is 0. The number of rotatable bonds is 7. The van der Waals surface area contributed by atoms with E-state index in [1.165, 1.54) is 48.5 Å². The SMILES string of the molecule is CCC1(c2ccc(F)cc2)NC(=O)N(CC(=O)Nc2ccccc2OC(F)F)C1=O. The third kappa shape index (κ3) is 4.07. The third-order valence-electron chi connectivity index (χ3n) is 4.72. The van der Waals surface area contributed by atoms with E-state index < -0.39 is 42.4 Å². The molecule has 1 heterocycles. The first-order valence-electron chi connectivity index (χ1n) is 9.00. The van der Waals surface area contributed by atoms with Crippen molar-refractivity contribution in [3.8, 4) is 5.75 Å². The van der Waals surface area contributed by atoms with Gasteiger partial charge in [-0.1, -0.05) is 31.2 Å². The molecular weight excluding hydrogens is 403 g/mol. The van der Waals surface area contributed by atoms with Gasteiger partial charge in [0.25, 0.3) is 5.91 Å². The van der Waals surface area contributed by atoms with Crippen LogP contribution in [0.15, 0.2) is 48.5 Å². The first-order chi connectivity index (χ1) is 14.3. The lowest BCUT2D eigenvalue weighted by Crippen LogP contribution is -2.44. The summed E-state index contributed by atoms with van der Waals surface area (Å²) >= 11 is 0. The standard InChI is InChI=1S/C20H18F3N3O4/c1-2-20(12-7-9-13(21)10-8-12)17(28)26(19(29)25-20)11-16(27)24-14-5-3-4-6-15(14)30-18(22)23/h3-10,18H,2,11H2,1H3,(H,24,27)(H,25,29). The summed E-state index contributed by atoms with van der Waals surface area (Å²) in [6.45, 7) is -2.06. The van der Waals surface area contributed by atoms with Gasteiger partial charge in [0.05, 0.1) is 5.69 Å². The van der Waals surface area contributed by atoms with Gasteiger partial charge in [-0.2, -0.15) is 8.78 Å². The van der Waals surface area contributed by atoms with Gasteiger partial charge in [0.15, 0.2) is 0 Å². The number of hydrogen-bond donors (Lipinski definition) is 2. The van der Waals surface area contributed by atoms with Gasteiger partial charge in [-0.05, 0) is 36.2 Å². The number of para-hydroxylation sites is 2. The number of hydrogen-bond acceptors (Lipinski definition) is 4. The van der Waals surface area contributed by atoms with Crippen molar-refractivity contribution in [1.82, 2.24) is 10.2 Å². The van der Waals surface area contributed by atoms with Crippen LogP contribution < -0.4 is 15.4 Å². The lowest BCUT2D eigenvalue weighted by Gasteiger charge is -2.25. The highest BCUT2D eigenvalue weighted by atomic mass is 19.3. The quantitative estimate of drug-likeness (QED) is 0.672. The van der Waals surface area contributed by atoms with E-state index >= 15 is 0 Å². The molecule has 1 atom stereocenters. The van der Waals surface area contributed by atoms with Gasteiger partial charge < -0.3 is 15.4 Å². The molecule has 2 aromatic carbocycles. The van der Waals surface area contributed by atoms with Crippen LogP contribution in [0.5, 0.6) is 5.75 Å². The molecule has 0 aromatic heterocycles. The van der Waals surface area contributed by atoms with Crippen molar-refractivity contribution < 1.29 is 32.3 Å². The summed E-state index contributed by atoms with van der Waals surface area (Å²) in [5.41, 5.74) is -1.08. The highest BCUT2D eigenvalue weighted by Gasteiger charge is 2.51. The molecule has 158 valence electrons. The average Bonchev–Trinajstić information content (AvgIpc) is 2.95. The van der Waals surface area contributed by atoms with E-state index in [4.69, 9.17) is 0 Å². The fourth-order valence-electron chi connectivity index (χ4n) is 3.25. The molecule has 0 saturated carbocycles. The molecule has 0 aliphatic carbocycles. The molecule has 1 aliphatic rings. The van der Waals surface area contributed by atoms with Crippen LogP contribution in [0.4, 0.5) is 23.7 Å². The van der Waals surface area contributed by atoms with E-state index in [1.807, 2.05) is 0 Å². The molecule has 3 rings (SSSR count). The Bertz CT molecular complexity index is 968. The summed E-state index contributed by atoms with van der Waals surface area (Å²) in [5.74, 6) is -2.21. The number of urea groups is 1. The van der Waals surface area contributed by atoms with Crippen molar-refractivity contribution in [2.24, 2.45) is 0 Å². The number of carbonyl (C=O) groups excluding carboxylic acids is 3. The number of nitrogens with zero attached hydrogens (tertiary/aromatic N) is 1. The van der Waals surface area contributed by atoms with E-state index in [0.717, 1.165) is 4.90 Å². The molecule has 30 heavy (non-hydrogen) atoms. The van der Waals surface area contributed by atoms with E-state index in [0.29, 0.717) is 5.56 Å². The molecule has 1 aliphatic heterocycles.